The highest BCUT2D eigenvalue weighted by Gasteiger charge is 2.19. The fraction of sp³-hybridized carbons (Fsp3) is 0.273. The van der Waals surface area contributed by atoms with Crippen LogP contribution in [0, 0.1) is 5.82 Å². The molecule has 4 heterocycles. The van der Waals surface area contributed by atoms with Gasteiger partial charge in [0.15, 0.2) is 0 Å². The van der Waals surface area contributed by atoms with Crippen LogP contribution < -0.4 is 4.90 Å². The topological polar surface area (TPSA) is 82.1 Å². The number of morpholine rings is 1. The Morgan fingerprint density at radius 2 is 1.77 bits per heavy atom. The van der Waals surface area contributed by atoms with Crippen molar-refractivity contribution in [3.63, 3.8) is 0 Å². The molecule has 1 aliphatic rings. The van der Waals surface area contributed by atoms with E-state index in [0.29, 0.717) is 38.0 Å². The van der Waals surface area contributed by atoms with Crippen LogP contribution in [-0.4, -0.2) is 51.2 Å². The summed E-state index contributed by atoms with van der Waals surface area (Å²) in [6, 6.07) is 12.3. The number of halogens is 1. The summed E-state index contributed by atoms with van der Waals surface area (Å²) >= 11 is 0. The molecule has 5 rings (SSSR count). The third kappa shape index (κ3) is 4.46. The number of hydrogen-bond acceptors (Lipinski definition) is 7. The molecule has 1 saturated heterocycles. The van der Waals surface area contributed by atoms with Crippen molar-refractivity contribution in [1.82, 2.24) is 24.9 Å². The van der Waals surface area contributed by atoms with Gasteiger partial charge in [0.25, 0.3) is 5.95 Å². The predicted molar refractivity (Wildman–Crippen MR) is 111 cm³/mol. The summed E-state index contributed by atoms with van der Waals surface area (Å²) in [6.07, 6.45) is 4.07. The largest absolute Gasteiger partial charge is 0.378 e. The van der Waals surface area contributed by atoms with Crippen LogP contribution in [0.1, 0.15) is 17.1 Å². The van der Waals surface area contributed by atoms with E-state index in [4.69, 9.17) is 14.4 Å². The number of nitrogens with zero attached hydrogens (tertiary/aromatic N) is 6. The second-order valence-electron chi connectivity index (χ2n) is 7.31. The zero-order chi connectivity index (χ0) is 21.0. The number of ether oxygens (including phenoxy) is 1. The highest BCUT2D eigenvalue weighted by atomic mass is 19.1. The molecule has 0 saturated carbocycles. The molecular weight excluding hydrogens is 399 g/mol. The summed E-state index contributed by atoms with van der Waals surface area (Å²) < 4.78 is 26.0. The van der Waals surface area contributed by atoms with E-state index in [2.05, 4.69) is 15.1 Å². The lowest BCUT2D eigenvalue weighted by Gasteiger charge is -2.24. The predicted octanol–water partition coefficient (Wildman–Crippen LogP) is 2.94. The zero-order valence-electron chi connectivity index (χ0n) is 16.8. The van der Waals surface area contributed by atoms with Gasteiger partial charge in [0.1, 0.15) is 12.4 Å². The molecule has 1 fully saturated rings. The van der Waals surface area contributed by atoms with E-state index in [1.807, 2.05) is 27.8 Å². The van der Waals surface area contributed by atoms with E-state index in [1.165, 1.54) is 12.1 Å². The van der Waals surface area contributed by atoms with Gasteiger partial charge in [-0.3, -0.25) is 9.67 Å². The van der Waals surface area contributed by atoms with Crippen molar-refractivity contribution in [3.8, 4) is 11.3 Å². The maximum atomic E-state index is 13.3. The second kappa shape index (κ2) is 8.65. The number of rotatable bonds is 6. The molecule has 0 bridgehead atoms. The number of anilines is 1. The molecule has 3 aromatic heterocycles. The lowest BCUT2D eigenvalue weighted by molar-refractivity contribution is 0.121. The van der Waals surface area contributed by atoms with Gasteiger partial charge in [-0.1, -0.05) is 12.1 Å². The van der Waals surface area contributed by atoms with Crippen molar-refractivity contribution >= 4 is 5.95 Å². The minimum absolute atomic E-state index is 0.253. The van der Waals surface area contributed by atoms with Gasteiger partial charge in [-0.05, 0) is 41.1 Å². The molecule has 0 aliphatic carbocycles. The van der Waals surface area contributed by atoms with Crippen LogP contribution in [0.2, 0.25) is 0 Å². The van der Waals surface area contributed by atoms with Gasteiger partial charge in [-0.2, -0.15) is 10.1 Å². The summed E-state index contributed by atoms with van der Waals surface area (Å²) in [5.41, 5.74) is 3.74. The van der Waals surface area contributed by atoms with Crippen molar-refractivity contribution in [2.45, 2.75) is 13.0 Å². The average Bonchev–Trinajstić information content (AvgIpc) is 3.44. The van der Waals surface area contributed by atoms with Gasteiger partial charge in [-0.25, -0.2) is 4.39 Å². The minimum atomic E-state index is -0.253. The molecule has 0 radical (unpaired) electrons. The van der Waals surface area contributed by atoms with Crippen LogP contribution >= 0.6 is 0 Å². The van der Waals surface area contributed by atoms with Gasteiger partial charge in [0.2, 0.25) is 5.89 Å². The molecular formula is C22H21FN6O2. The molecule has 31 heavy (non-hydrogen) atoms. The molecule has 9 heteroatoms. The molecule has 0 atom stereocenters. The summed E-state index contributed by atoms with van der Waals surface area (Å²) in [7, 11) is 0. The molecule has 0 spiro atoms. The first-order valence-electron chi connectivity index (χ1n) is 10.1. The Kier molecular flexibility index (Phi) is 5.40. The molecule has 0 unspecified atom stereocenters. The van der Waals surface area contributed by atoms with E-state index in [1.54, 1.807) is 24.5 Å². The Labute approximate surface area is 178 Å². The molecule has 1 aliphatic heterocycles. The first-order valence-corrected chi connectivity index (χ1v) is 10.1. The summed E-state index contributed by atoms with van der Waals surface area (Å²) in [5.74, 6) is 0.794. The van der Waals surface area contributed by atoms with Gasteiger partial charge >= 0.3 is 0 Å². The van der Waals surface area contributed by atoms with Crippen molar-refractivity contribution in [2.24, 2.45) is 0 Å². The Bertz CT molecular complexity index is 1140. The van der Waals surface area contributed by atoms with E-state index in [0.717, 1.165) is 35.6 Å². The van der Waals surface area contributed by atoms with Crippen LogP contribution in [0.5, 0.6) is 0 Å². The van der Waals surface area contributed by atoms with Crippen LogP contribution in [0.25, 0.3) is 11.3 Å². The Morgan fingerprint density at radius 3 is 2.55 bits per heavy atom. The van der Waals surface area contributed by atoms with E-state index in [9.17, 15) is 4.39 Å². The highest BCUT2D eigenvalue weighted by Crippen LogP contribution is 2.22. The first kappa shape index (κ1) is 19.4. The van der Waals surface area contributed by atoms with E-state index >= 15 is 0 Å². The molecule has 0 N–H and O–H groups in total. The second-order valence-corrected chi connectivity index (χ2v) is 7.31. The number of benzene rings is 1. The standard InChI is InChI=1S/C22H21FN6O2/c23-18-3-1-16(2-4-18)13-19-14-20(17-5-7-24-8-6-17)26-29(19)15-21-25-22(27-31-21)28-9-11-30-12-10-28/h1-8,14H,9-13,15H2. The maximum absolute atomic E-state index is 13.3. The van der Waals surface area contributed by atoms with Crippen LogP contribution in [0.15, 0.2) is 59.4 Å². The minimum Gasteiger partial charge on any atom is -0.378 e. The quantitative estimate of drug-likeness (QED) is 0.474. The third-order valence-electron chi connectivity index (χ3n) is 5.17. The van der Waals surface area contributed by atoms with Gasteiger partial charge in [-0.15, -0.1) is 0 Å². The first-order chi connectivity index (χ1) is 15.2. The number of aromatic nitrogens is 5. The number of pyridine rings is 1. The lowest BCUT2D eigenvalue weighted by atomic mass is 10.1. The van der Waals surface area contributed by atoms with Crippen molar-refractivity contribution in [2.75, 3.05) is 31.2 Å². The van der Waals surface area contributed by atoms with Crippen molar-refractivity contribution < 1.29 is 13.7 Å². The average molecular weight is 420 g/mol. The molecule has 1 aromatic carbocycles. The van der Waals surface area contributed by atoms with Crippen LogP contribution in [0.4, 0.5) is 10.3 Å². The lowest BCUT2D eigenvalue weighted by Crippen LogP contribution is -2.36. The molecule has 158 valence electrons. The van der Waals surface area contributed by atoms with Gasteiger partial charge in [0.05, 0.1) is 18.9 Å². The van der Waals surface area contributed by atoms with Crippen molar-refractivity contribution in [3.05, 3.63) is 77.8 Å². The van der Waals surface area contributed by atoms with Crippen LogP contribution in [0.3, 0.4) is 0 Å². The molecule has 8 nitrogen and oxygen atoms in total. The summed E-state index contributed by atoms with van der Waals surface area (Å²) in [5, 5.41) is 8.88. The summed E-state index contributed by atoms with van der Waals surface area (Å²) in [4.78, 5) is 10.7. The maximum Gasteiger partial charge on any atom is 0.266 e. The fourth-order valence-electron chi connectivity index (χ4n) is 3.54. The normalized spacial score (nSPS) is 14.2. The van der Waals surface area contributed by atoms with Gasteiger partial charge < -0.3 is 14.2 Å². The zero-order valence-corrected chi connectivity index (χ0v) is 16.8. The van der Waals surface area contributed by atoms with Crippen molar-refractivity contribution in [1.29, 1.82) is 0 Å². The monoisotopic (exact) mass is 420 g/mol. The Hall–Kier alpha value is -3.59. The van der Waals surface area contributed by atoms with Crippen LogP contribution in [-0.2, 0) is 17.7 Å². The molecule has 4 aromatic rings. The van der Waals surface area contributed by atoms with E-state index < -0.39 is 0 Å². The number of hydrogen-bond donors (Lipinski definition) is 0. The smallest absolute Gasteiger partial charge is 0.266 e. The third-order valence-corrected chi connectivity index (χ3v) is 5.17. The Morgan fingerprint density at radius 1 is 1.00 bits per heavy atom. The van der Waals surface area contributed by atoms with Gasteiger partial charge in [0, 0.05) is 43.2 Å². The van der Waals surface area contributed by atoms with E-state index in [-0.39, 0.29) is 5.82 Å². The SMILES string of the molecule is Fc1ccc(Cc2cc(-c3ccncc3)nn2Cc2nc(N3CCOCC3)no2)cc1. The molecule has 0 amide bonds. The highest BCUT2D eigenvalue weighted by molar-refractivity contribution is 5.58. The summed E-state index contributed by atoms with van der Waals surface area (Å²) in [6.45, 7) is 3.13. The fourth-order valence-corrected chi connectivity index (χ4v) is 3.54. The Balaban J connectivity index is 1.42.